The molecular weight excluding hydrogens is 671 g/mol. The van der Waals surface area contributed by atoms with E-state index < -0.39 is 12.0 Å². The molecule has 0 fully saturated rings. The van der Waals surface area contributed by atoms with Gasteiger partial charge in [0.15, 0.2) is 0 Å². The van der Waals surface area contributed by atoms with E-state index in [0.717, 1.165) is 45.6 Å². The molecule has 0 aromatic rings. The van der Waals surface area contributed by atoms with Crippen molar-refractivity contribution in [3.05, 3.63) is 0 Å². The van der Waals surface area contributed by atoms with Crippen LogP contribution in [0.3, 0.4) is 0 Å². The predicted molar refractivity (Wildman–Crippen MR) is 202 cm³/mol. The van der Waals surface area contributed by atoms with Gasteiger partial charge < -0.3 is 47.1 Å². The van der Waals surface area contributed by atoms with Crippen LogP contribution in [0, 0.1) is 5.92 Å². The van der Waals surface area contributed by atoms with E-state index in [1.807, 2.05) is 27.7 Å². The average Bonchev–Trinajstić information content (AvgIpc) is 2.99. The number of primary amides is 1. The fraction of sp³-hybridized carbons (Fsp3) is 0.848. The highest BCUT2D eigenvalue weighted by molar-refractivity contribution is 8.00. The molecule has 0 aromatic carbocycles. The van der Waals surface area contributed by atoms with Gasteiger partial charge in [-0.1, -0.05) is 41.5 Å². The minimum atomic E-state index is -0.965. The number of nitrogens with two attached hydrogens (primary N) is 1. The monoisotopic (exact) mass is 737 g/mol. The number of thioether (sulfide) groups is 2. The molecule has 0 unspecified atom stereocenters. The Kier molecular flexibility index (Phi) is 30.4. The van der Waals surface area contributed by atoms with Crippen molar-refractivity contribution in [2.24, 2.45) is 11.7 Å². The van der Waals surface area contributed by atoms with Gasteiger partial charge in [0.25, 0.3) is 0 Å². The van der Waals surface area contributed by atoms with E-state index >= 15 is 0 Å². The Labute approximate surface area is 303 Å². The number of rotatable bonds is 28. The topological polar surface area (TPSA) is 204 Å². The third kappa shape index (κ3) is 36.8. The second kappa shape index (κ2) is 30.5. The van der Waals surface area contributed by atoms with Gasteiger partial charge in [0.05, 0.1) is 17.1 Å². The number of carbonyl (C=O) groups excluding carboxylic acids is 4. The number of carbonyl (C=O) groups is 5. The molecule has 0 aromatic heterocycles. The molecule has 0 aliphatic carbocycles. The summed E-state index contributed by atoms with van der Waals surface area (Å²) in [6.45, 7) is 21.7. The van der Waals surface area contributed by atoms with Crippen molar-refractivity contribution in [2.75, 3.05) is 70.6 Å². The SMILES string of the molecule is CC(C)CCOC(C)(C)CCNCNCCCNC(=O)O.CC(C)SCC(=O)NCCN(CCNC(=O)CSC(C)C)C(=O)CCC(N)=O. The molecule has 0 aliphatic heterocycles. The van der Waals surface area contributed by atoms with Gasteiger partial charge in [-0.05, 0) is 62.6 Å². The predicted octanol–water partition coefficient (Wildman–Crippen LogP) is 2.61. The molecule has 5 amide bonds. The highest BCUT2D eigenvalue weighted by atomic mass is 32.2. The molecule has 0 saturated carbocycles. The standard InChI is InChI=1S/C18H34N4O4S2.C15H33N3O3/c1-13(2)27-11-16(24)20-7-9-22(18(26)6-5-15(19)23)10-8-21-17(25)12-28-14(3)4;1-13(2)6-11-21-15(3,4)7-10-17-12-16-8-5-9-18-14(19)20/h13-14H,5-12H2,1-4H3,(H2,19,23)(H,20,24)(H,21,25);13,16-18H,5-12H2,1-4H3,(H,19,20). The van der Waals surface area contributed by atoms with E-state index in [-0.39, 0.29) is 36.2 Å². The lowest BCUT2D eigenvalue weighted by molar-refractivity contribution is -0.133. The van der Waals surface area contributed by atoms with Gasteiger partial charge in [-0.2, -0.15) is 0 Å². The number of nitrogens with zero attached hydrogens (tertiary/aromatic N) is 1. The number of hydrogen-bond acceptors (Lipinski definition) is 10. The Bertz CT molecular complexity index is 896. The summed E-state index contributed by atoms with van der Waals surface area (Å²) >= 11 is 3.09. The Hall–Kier alpha value is -2.27. The number of amides is 5. The van der Waals surface area contributed by atoms with Crippen LogP contribution in [0.15, 0.2) is 0 Å². The summed E-state index contributed by atoms with van der Waals surface area (Å²) in [7, 11) is 0. The van der Waals surface area contributed by atoms with Crippen LogP contribution in [0.4, 0.5) is 4.79 Å². The number of nitrogens with one attached hydrogen (secondary N) is 5. The van der Waals surface area contributed by atoms with Crippen molar-refractivity contribution in [3.8, 4) is 0 Å². The maximum absolute atomic E-state index is 12.3. The molecule has 0 heterocycles. The Morgan fingerprint density at radius 1 is 0.776 bits per heavy atom. The molecule has 0 saturated heterocycles. The zero-order valence-corrected chi connectivity index (χ0v) is 32.9. The molecule has 8 N–H and O–H groups in total. The maximum atomic E-state index is 12.3. The van der Waals surface area contributed by atoms with Gasteiger partial charge >= 0.3 is 6.09 Å². The van der Waals surface area contributed by atoms with Crippen LogP contribution in [-0.4, -0.2) is 126 Å². The van der Waals surface area contributed by atoms with Gasteiger partial charge in [0.2, 0.25) is 23.6 Å². The van der Waals surface area contributed by atoms with E-state index in [2.05, 4.69) is 54.3 Å². The quantitative estimate of drug-likeness (QED) is 0.0459. The maximum Gasteiger partial charge on any atom is 0.404 e. The van der Waals surface area contributed by atoms with Crippen LogP contribution in [0.1, 0.15) is 87.5 Å². The fourth-order valence-corrected chi connectivity index (χ4v) is 4.88. The van der Waals surface area contributed by atoms with Gasteiger partial charge in [-0.15, -0.1) is 23.5 Å². The molecule has 49 heavy (non-hydrogen) atoms. The van der Waals surface area contributed by atoms with E-state index in [1.54, 1.807) is 23.5 Å². The Morgan fingerprint density at radius 2 is 1.31 bits per heavy atom. The van der Waals surface area contributed by atoms with Crippen molar-refractivity contribution < 1.29 is 33.8 Å². The van der Waals surface area contributed by atoms with Crippen LogP contribution in [0.25, 0.3) is 0 Å². The lowest BCUT2D eigenvalue weighted by Gasteiger charge is -2.26. The molecule has 14 nitrogen and oxygen atoms in total. The number of hydrogen-bond donors (Lipinski definition) is 7. The largest absolute Gasteiger partial charge is 0.465 e. The molecule has 0 atom stereocenters. The summed E-state index contributed by atoms with van der Waals surface area (Å²) in [4.78, 5) is 58.6. The van der Waals surface area contributed by atoms with Gasteiger partial charge in [0, 0.05) is 58.8 Å². The molecule has 288 valence electrons. The second-order valence-corrected chi connectivity index (χ2v) is 16.2. The highest BCUT2D eigenvalue weighted by Gasteiger charge is 2.18. The zero-order chi connectivity index (χ0) is 37.7. The summed E-state index contributed by atoms with van der Waals surface area (Å²) in [6.07, 6.45) is 1.88. The normalized spacial score (nSPS) is 11.2. The minimum absolute atomic E-state index is 0.0175. The Morgan fingerprint density at radius 3 is 1.78 bits per heavy atom. The fourth-order valence-electron chi connectivity index (χ4n) is 3.70. The summed E-state index contributed by atoms with van der Waals surface area (Å²) in [6, 6.07) is 0. The first-order valence-corrected chi connectivity index (χ1v) is 19.4. The second-order valence-electron chi connectivity index (χ2n) is 13.1. The summed E-state index contributed by atoms with van der Waals surface area (Å²) in [5.41, 5.74) is 5.02. The van der Waals surface area contributed by atoms with Crippen LogP contribution >= 0.6 is 23.5 Å². The summed E-state index contributed by atoms with van der Waals surface area (Å²) in [5, 5.41) is 23.6. The minimum Gasteiger partial charge on any atom is -0.465 e. The van der Waals surface area contributed by atoms with Gasteiger partial charge in [-0.3, -0.25) is 19.2 Å². The number of ether oxygens (including phenoxy) is 1. The van der Waals surface area contributed by atoms with Crippen LogP contribution in [0.2, 0.25) is 0 Å². The van der Waals surface area contributed by atoms with Crippen LogP contribution < -0.4 is 32.3 Å². The molecule has 0 spiro atoms. The molecule has 0 bridgehead atoms. The van der Waals surface area contributed by atoms with E-state index in [1.165, 1.54) is 4.90 Å². The first kappa shape index (κ1) is 48.8. The number of carboxylic acid groups (broad SMARTS) is 1. The average molecular weight is 738 g/mol. The van der Waals surface area contributed by atoms with Gasteiger partial charge in [0.1, 0.15) is 0 Å². The van der Waals surface area contributed by atoms with Crippen molar-refractivity contribution >= 4 is 53.2 Å². The highest BCUT2D eigenvalue weighted by Crippen LogP contribution is 2.15. The lowest BCUT2D eigenvalue weighted by atomic mass is 10.0. The summed E-state index contributed by atoms with van der Waals surface area (Å²) in [5.74, 6) is 0.498. The van der Waals surface area contributed by atoms with Crippen LogP contribution in [0.5, 0.6) is 0 Å². The van der Waals surface area contributed by atoms with E-state index in [4.69, 9.17) is 15.6 Å². The zero-order valence-electron chi connectivity index (χ0n) is 31.3. The van der Waals surface area contributed by atoms with E-state index in [9.17, 15) is 24.0 Å². The van der Waals surface area contributed by atoms with Crippen molar-refractivity contribution in [1.82, 2.24) is 31.5 Å². The molecule has 0 aliphatic rings. The van der Waals surface area contributed by atoms with E-state index in [0.29, 0.717) is 60.6 Å². The van der Waals surface area contributed by atoms with Crippen LogP contribution in [-0.2, 0) is 23.9 Å². The smallest absolute Gasteiger partial charge is 0.404 e. The molecule has 16 heteroatoms. The van der Waals surface area contributed by atoms with Crippen molar-refractivity contribution in [1.29, 1.82) is 0 Å². The van der Waals surface area contributed by atoms with Gasteiger partial charge in [-0.25, -0.2) is 4.79 Å². The lowest BCUT2D eigenvalue weighted by Crippen LogP contribution is -2.43. The van der Waals surface area contributed by atoms with Crippen molar-refractivity contribution in [2.45, 2.75) is 104 Å². The van der Waals surface area contributed by atoms with Crippen molar-refractivity contribution in [3.63, 3.8) is 0 Å². The first-order chi connectivity index (χ1) is 22.9. The third-order valence-electron chi connectivity index (χ3n) is 6.59. The first-order valence-electron chi connectivity index (χ1n) is 17.3. The molecular formula is C33H67N7O7S2. The Balaban J connectivity index is 0. The molecule has 0 radical (unpaired) electrons. The molecule has 0 rings (SSSR count). The third-order valence-corrected chi connectivity index (χ3v) is 8.78. The summed E-state index contributed by atoms with van der Waals surface area (Å²) < 4.78 is 5.90.